The van der Waals surface area contributed by atoms with Gasteiger partial charge in [-0.05, 0) is 17.7 Å². The fourth-order valence-corrected chi connectivity index (χ4v) is 4.66. The highest BCUT2D eigenvalue weighted by Crippen LogP contribution is 2.23. The first-order valence-electron chi connectivity index (χ1n) is 8.66. The van der Waals surface area contributed by atoms with Gasteiger partial charge in [-0.15, -0.1) is 0 Å². The second-order valence-electron chi connectivity index (χ2n) is 6.26. The molecule has 1 aliphatic heterocycles. The molecule has 140 valence electrons. The molecule has 7 heteroatoms. The quantitative estimate of drug-likeness (QED) is 0.724. The fraction of sp³-hybridized carbons (Fsp3) is 0.368. The number of para-hydroxylation sites is 1. The van der Waals surface area contributed by atoms with Gasteiger partial charge in [-0.1, -0.05) is 54.1 Å². The average molecular weight is 395 g/mol. The Balaban J connectivity index is 1.44. The Morgan fingerprint density at radius 1 is 0.923 bits per heavy atom. The maximum absolute atomic E-state index is 12.6. The van der Waals surface area contributed by atoms with E-state index in [0.29, 0.717) is 43.6 Å². The lowest BCUT2D eigenvalue weighted by atomic mass is 10.2. The smallest absolute Gasteiger partial charge is 0.218 e. The van der Waals surface area contributed by atoms with E-state index < -0.39 is 10.0 Å². The van der Waals surface area contributed by atoms with Gasteiger partial charge in [0.1, 0.15) is 12.4 Å². The van der Waals surface area contributed by atoms with E-state index in [1.807, 2.05) is 48.5 Å². The van der Waals surface area contributed by atoms with Gasteiger partial charge in [-0.25, -0.2) is 8.42 Å². The number of piperazine rings is 1. The van der Waals surface area contributed by atoms with E-state index in [9.17, 15) is 8.42 Å². The van der Waals surface area contributed by atoms with Gasteiger partial charge in [0.15, 0.2) is 0 Å². The Morgan fingerprint density at radius 3 is 2.27 bits per heavy atom. The topological polar surface area (TPSA) is 49.9 Å². The molecule has 0 N–H and O–H groups in total. The van der Waals surface area contributed by atoms with Gasteiger partial charge in [-0.3, -0.25) is 4.90 Å². The Hall–Kier alpha value is -1.60. The Bertz CT molecular complexity index is 807. The molecule has 5 nitrogen and oxygen atoms in total. The summed E-state index contributed by atoms with van der Waals surface area (Å²) in [6.45, 7) is 3.72. The molecule has 1 aliphatic rings. The number of nitrogens with zero attached hydrogens (tertiary/aromatic N) is 2. The summed E-state index contributed by atoms with van der Waals surface area (Å²) in [6.07, 6.45) is 0. The first kappa shape index (κ1) is 19.2. The van der Waals surface area contributed by atoms with Crippen molar-refractivity contribution in [2.45, 2.75) is 5.75 Å². The lowest BCUT2D eigenvalue weighted by molar-refractivity contribution is 0.159. The number of benzene rings is 2. The molecule has 1 saturated heterocycles. The molecule has 2 aromatic carbocycles. The van der Waals surface area contributed by atoms with Crippen molar-refractivity contribution in [3.05, 3.63) is 65.2 Å². The number of sulfonamides is 1. The SMILES string of the molecule is O=S(=O)(Cc1ccccc1)N1CCN(CCOc2ccccc2Cl)CC1. The van der Waals surface area contributed by atoms with Crippen molar-refractivity contribution in [3.63, 3.8) is 0 Å². The summed E-state index contributed by atoms with van der Waals surface area (Å²) in [6, 6.07) is 16.7. The highest BCUT2D eigenvalue weighted by molar-refractivity contribution is 7.88. The molecular weight excluding hydrogens is 372 g/mol. The molecule has 0 saturated carbocycles. The maximum Gasteiger partial charge on any atom is 0.218 e. The third-order valence-electron chi connectivity index (χ3n) is 4.42. The summed E-state index contributed by atoms with van der Waals surface area (Å²) in [7, 11) is -3.27. The van der Waals surface area contributed by atoms with Crippen LogP contribution in [0.15, 0.2) is 54.6 Å². The van der Waals surface area contributed by atoms with Gasteiger partial charge in [0.25, 0.3) is 0 Å². The van der Waals surface area contributed by atoms with Crippen LogP contribution in [0.1, 0.15) is 5.56 Å². The third kappa shape index (κ3) is 5.20. The van der Waals surface area contributed by atoms with Gasteiger partial charge in [0.05, 0.1) is 10.8 Å². The minimum Gasteiger partial charge on any atom is -0.491 e. The molecule has 1 heterocycles. The maximum atomic E-state index is 12.6. The van der Waals surface area contributed by atoms with Crippen LogP contribution in [0.3, 0.4) is 0 Å². The van der Waals surface area contributed by atoms with E-state index in [1.165, 1.54) is 0 Å². The average Bonchev–Trinajstić information content (AvgIpc) is 2.64. The normalized spacial score (nSPS) is 16.5. The molecule has 0 amide bonds. The Morgan fingerprint density at radius 2 is 1.58 bits per heavy atom. The van der Waals surface area contributed by atoms with Crippen LogP contribution in [0, 0.1) is 0 Å². The van der Waals surface area contributed by atoms with Crippen LogP contribution in [0.5, 0.6) is 5.75 Å². The van der Waals surface area contributed by atoms with Gasteiger partial charge in [0.2, 0.25) is 10.0 Å². The second-order valence-corrected chi connectivity index (χ2v) is 8.64. The fourth-order valence-electron chi connectivity index (χ4n) is 2.95. The summed E-state index contributed by atoms with van der Waals surface area (Å²) in [5, 5.41) is 0.601. The summed E-state index contributed by atoms with van der Waals surface area (Å²) in [4.78, 5) is 2.21. The number of ether oxygens (including phenoxy) is 1. The van der Waals surface area contributed by atoms with Crippen LogP contribution < -0.4 is 4.74 Å². The van der Waals surface area contributed by atoms with Crippen molar-refractivity contribution >= 4 is 21.6 Å². The number of hydrogen-bond acceptors (Lipinski definition) is 4. The second kappa shape index (κ2) is 8.86. The van der Waals surface area contributed by atoms with Gasteiger partial charge in [-0.2, -0.15) is 4.31 Å². The third-order valence-corrected chi connectivity index (χ3v) is 6.58. The monoisotopic (exact) mass is 394 g/mol. The molecule has 0 aliphatic carbocycles. The van der Waals surface area contributed by atoms with Crippen molar-refractivity contribution in [3.8, 4) is 5.75 Å². The standard InChI is InChI=1S/C19H23ClN2O3S/c20-18-8-4-5-9-19(18)25-15-14-21-10-12-22(13-11-21)26(23,24)16-17-6-2-1-3-7-17/h1-9H,10-16H2. The van der Waals surface area contributed by atoms with Crippen LogP contribution in [0.25, 0.3) is 0 Å². The molecule has 26 heavy (non-hydrogen) atoms. The van der Waals surface area contributed by atoms with Crippen molar-refractivity contribution in [1.82, 2.24) is 9.21 Å². The van der Waals surface area contributed by atoms with Crippen LogP contribution in [-0.4, -0.2) is 57.0 Å². The van der Waals surface area contributed by atoms with Gasteiger partial charge >= 0.3 is 0 Å². The van der Waals surface area contributed by atoms with Crippen molar-refractivity contribution in [1.29, 1.82) is 0 Å². The molecule has 0 atom stereocenters. The molecule has 2 aromatic rings. The summed E-state index contributed by atoms with van der Waals surface area (Å²) in [5.41, 5.74) is 0.822. The van der Waals surface area contributed by atoms with Crippen LogP contribution >= 0.6 is 11.6 Å². The molecule has 0 bridgehead atoms. The summed E-state index contributed by atoms with van der Waals surface area (Å²) < 4.78 is 32.4. The summed E-state index contributed by atoms with van der Waals surface area (Å²) in [5.74, 6) is 0.738. The van der Waals surface area contributed by atoms with E-state index >= 15 is 0 Å². The zero-order valence-corrected chi connectivity index (χ0v) is 16.1. The van der Waals surface area contributed by atoms with Crippen LogP contribution in [-0.2, 0) is 15.8 Å². The Kier molecular flexibility index (Phi) is 6.53. The minimum atomic E-state index is -3.27. The molecule has 0 aromatic heterocycles. The number of rotatable bonds is 7. The Labute approximate surface area is 160 Å². The van der Waals surface area contributed by atoms with Crippen molar-refractivity contribution in [2.24, 2.45) is 0 Å². The zero-order valence-electron chi connectivity index (χ0n) is 14.6. The van der Waals surface area contributed by atoms with E-state index in [4.69, 9.17) is 16.3 Å². The predicted molar refractivity (Wildman–Crippen MR) is 104 cm³/mol. The van der Waals surface area contributed by atoms with Gasteiger partial charge in [0, 0.05) is 32.7 Å². The van der Waals surface area contributed by atoms with Crippen LogP contribution in [0.2, 0.25) is 5.02 Å². The predicted octanol–water partition coefficient (Wildman–Crippen LogP) is 2.87. The first-order chi connectivity index (χ1) is 12.5. The molecule has 0 radical (unpaired) electrons. The zero-order chi connectivity index (χ0) is 18.4. The van der Waals surface area contributed by atoms with E-state index in [0.717, 1.165) is 12.1 Å². The highest BCUT2D eigenvalue weighted by atomic mass is 35.5. The first-order valence-corrected chi connectivity index (χ1v) is 10.6. The van der Waals surface area contributed by atoms with Crippen molar-refractivity contribution in [2.75, 3.05) is 39.3 Å². The van der Waals surface area contributed by atoms with E-state index in [1.54, 1.807) is 10.4 Å². The molecule has 0 spiro atoms. The molecule has 0 unspecified atom stereocenters. The number of hydrogen-bond donors (Lipinski definition) is 0. The number of halogens is 1. The largest absolute Gasteiger partial charge is 0.491 e. The summed E-state index contributed by atoms with van der Waals surface area (Å²) >= 11 is 6.07. The van der Waals surface area contributed by atoms with E-state index in [2.05, 4.69) is 4.90 Å². The van der Waals surface area contributed by atoms with Crippen molar-refractivity contribution < 1.29 is 13.2 Å². The molecule has 1 fully saturated rings. The highest BCUT2D eigenvalue weighted by Gasteiger charge is 2.26. The minimum absolute atomic E-state index is 0.0590. The van der Waals surface area contributed by atoms with E-state index in [-0.39, 0.29) is 5.75 Å². The molecular formula is C19H23ClN2O3S. The molecule has 3 rings (SSSR count). The lowest BCUT2D eigenvalue weighted by Gasteiger charge is -2.33. The van der Waals surface area contributed by atoms with Crippen LogP contribution in [0.4, 0.5) is 0 Å². The lowest BCUT2D eigenvalue weighted by Crippen LogP contribution is -2.49. The van der Waals surface area contributed by atoms with Gasteiger partial charge < -0.3 is 4.74 Å².